The molecule has 2 aliphatic heterocycles. The fourth-order valence-corrected chi connectivity index (χ4v) is 1.76. The second kappa shape index (κ2) is 2.08. The highest BCUT2D eigenvalue weighted by Crippen LogP contribution is 2.38. The molecular formula is C8H11NO2. The van der Waals surface area contributed by atoms with E-state index >= 15 is 0 Å². The van der Waals surface area contributed by atoms with E-state index in [4.69, 9.17) is 4.74 Å². The fourth-order valence-electron chi connectivity index (χ4n) is 1.76. The van der Waals surface area contributed by atoms with Crippen molar-refractivity contribution in [2.24, 2.45) is 5.41 Å². The number of hydrogen-bond acceptors (Lipinski definition) is 3. The minimum Gasteiger partial charge on any atom is -0.465 e. The molecule has 0 saturated carbocycles. The topological polar surface area (TPSA) is 38.3 Å². The maximum absolute atomic E-state index is 11.3. The average Bonchev–Trinajstić information content (AvgIpc) is 2.48. The molecule has 0 aromatic carbocycles. The fraction of sp³-hybridized carbons (Fsp3) is 0.625. The predicted octanol–water partition coefficient (Wildman–Crippen LogP) is 0.0791. The number of hydrogen-bond donors (Lipinski definition) is 1. The van der Waals surface area contributed by atoms with E-state index in [1.54, 1.807) is 0 Å². The van der Waals surface area contributed by atoms with E-state index in [-0.39, 0.29) is 11.4 Å². The van der Waals surface area contributed by atoms with Gasteiger partial charge in [0.2, 0.25) is 0 Å². The van der Waals surface area contributed by atoms with Gasteiger partial charge in [0, 0.05) is 19.5 Å². The molecule has 3 nitrogen and oxygen atoms in total. The first kappa shape index (κ1) is 6.85. The highest BCUT2D eigenvalue weighted by atomic mass is 16.5. The van der Waals surface area contributed by atoms with Crippen LogP contribution in [-0.4, -0.2) is 25.7 Å². The maximum atomic E-state index is 11.3. The second-order valence-corrected chi connectivity index (χ2v) is 3.18. The Labute approximate surface area is 65.4 Å². The molecule has 1 spiro atoms. The van der Waals surface area contributed by atoms with Gasteiger partial charge in [-0.05, 0) is 5.57 Å². The summed E-state index contributed by atoms with van der Waals surface area (Å²) in [5, 5.41) is 3.13. The highest BCUT2D eigenvalue weighted by Gasteiger charge is 2.49. The van der Waals surface area contributed by atoms with Crippen LogP contribution in [0.2, 0.25) is 0 Å². The number of carbonyl (C=O) groups is 1. The van der Waals surface area contributed by atoms with Crippen molar-refractivity contribution in [1.29, 1.82) is 0 Å². The molecule has 0 aromatic rings. The normalized spacial score (nSPS) is 36.7. The summed E-state index contributed by atoms with van der Waals surface area (Å²) >= 11 is 0. The third-order valence-electron chi connectivity index (χ3n) is 2.59. The van der Waals surface area contributed by atoms with Crippen LogP contribution in [0.4, 0.5) is 0 Å². The molecule has 1 unspecified atom stereocenters. The number of nitrogens with one attached hydrogen (secondary N) is 1. The van der Waals surface area contributed by atoms with Crippen molar-refractivity contribution in [3.8, 4) is 0 Å². The molecule has 0 amide bonds. The van der Waals surface area contributed by atoms with Gasteiger partial charge in [-0.15, -0.1) is 0 Å². The summed E-state index contributed by atoms with van der Waals surface area (Å²) in [7, 11) is 0. The van der Waals surface area contributed by atoms with Crippen molar-refractivity contribution >= 4 is 5.97 Å². The smallest absolute Gasteiger partial charge is 0.317 e. The van der Waals surface area contributed by atoms with Crippen LogP contribution in [0.3, 0.4) is 0 Å². The second-order valence-electron chi connectivity index (χ2n) is 3.18. The minimum absolute atomic E-state index is 0.0903. The molecule has 0 aromatic heterocycles. The Kier molecular flexibility index (Phi) is 1.29. The number of ether oxygens (including phenoxy) is 1. The van der Waals surface area contributed by atoms with Crippen molar-refractivity contribution in [3.05, 3.63) is 12.2 Å². The Morgan fingerprint density at radius 3 is 2.91 bits per heavy atom. The maximum Gasteiger partial charge on any atom is 0.317 e. The Morgan fingerprint density at radius 1 is 1.64 bits per heavy atom. The summed E-state index contributed by atoms with van der Waals surface area (Å²) in [6.45, 7) is 5.90. The van der Waals surface area contributed by atoms with Gasteiger partial charge in [0.25, 0.3) is 0 Å². The van der Waals surface area contributed by atoms with Crippen LogP contribution in [0.15, 0.2) is 12.2 Å². The number of rotatable bonds is 0. The van der Waals surface area contributed by atoms with E-state index in [0.29, 0.717) is 13.2 Å². The monoisotopic (exact) mass is 153 g/mol. The van der Waals surface area contributed by atoms with E-state index in [1.807, 2.05) is 0 Å². The lowest BCUT2D eigenvalue weighted by molar-refractivity contribution is -0.143. The molecular weight excluding hydrogens is 142 g/mol. The van der Waals surface area contributed by atoms with Crippen LogP contribution in [0.1, 0.15) is 6.42 Å². The van der Waals surface area contributed by atoms with E-state index < -0.39 is 0 Å². The standard InChI is InChI=1S/C8H11NO2/c1-6-4-9-5-8(6)2-3-11-7(8)10/h9H,1-5H2. The first-order valence-electron chi connectivity index (χ1n) is 3.82. The van der Waals surface area contributed by atoms with Crippen LogP contribution in [-0.2, 0) is 9.53 Å². The van der Waals surface area contributed by atoms with Gasteiger partial charge < -0.3 is 10.1 Å². The van der Waals surface area contributed by atoms with Crippen molar-refractivity contribution in [1.82, 2.24) is 5.32 Å². The summed E-state index contributed by atoms with van der Waals surface area (Å²) in [5.74, 6) is -0.0903. The quantitative estimate of drug-likeness (QED) is 0.395. The Hall–Kier alpha value is -0.830. The zero-order valence-electron chi connectivity index (χ0n) is 6.35. The van der Waals surface area contributed by atoms with Crippen LogP contribution in [0.5, 0.6) is 0 Å². The van der Waals surface area contributed by atoms with Crippen molar-refractivity contribution in [3.63, 3.8) is 0 Å². The number of cyclic esters (lactones) is 1. The van der Waals surface area contributed by atoms with Crippen molar-refractivity contribution in [2.45, 2.75) is 6.42 Å². The van der Waals surface area contributed by atoms with Crippen LogP contribution in [0, 0.1) is 5.41 Å². The number of carbonyl (C=O) groups excluding carboxylic acids is 1. The summed E-state index contributed by atoms with van der Waals surface area (Å²) in [6.07, 6.45) is 0.803. The molecule has 2 saturated heterocycles. The first-order chi connectivity index (χ1) is 5.26. The summed E-state index contributed by atoms with van der Waals surface area (Å²) in [5.41, 5.74) is 0.625. The van der Waals surface area contributed by atoms with E-state index in [1.165, 1.54) is 0 Å². The molecule has 0 bridgehead atoms. The van der Waals surface area contributed by atoms with Gasteiger partial charge in [0.1, 0.15) is 5.41 Å². The summed E-state index contributed by atoms with van der Waals surface area (Å²) in [4.78, 5) is 11.3. The third-order valence-corrected chi connectivity index (χ3v) is 2.59. The molecule has 2 rings (SSSR count). The van der Waals surface area contributed by atoms with Gasteiger partial charge in [-0.25, -0.2) is 0 Å². The highest BCUT2D eigenvalue weighted by molar-refractivity contribution is 5.83. The molecule has 2 heterocycles. The lowest BCUT2D eigenvalue weighted by Crippen LogP contribution is -2.29. The Morgan fingerprint density at radius 2 is 2.45 bits per heavy atom. The lowest BCUT2D eigenvalue weighted by atomic mass is 9.82. The summed E-state index contributed by atoms with van der Waals surface area (Å²) in [6, 6.07) is 0. The molecule has 11 heavy (non-hydrogen) atoms. The van der Waals surface area contributed by atoms with Gasteiger partial charge in [-0.2, -0.15) is 0 Å². The molecule has 0 aliphatic carbocycles. The minimum atomic E-state index is -0.361. The SMILES string of the molecule is C=C1CNCC12CCOC2=O. The van der Waals surface area contributed by atoms with Gasteiger partial charge in [-0.1, -0.05) is 6.58 Å². The average molecular weight is 153 g/mol. The van der Waals surface area contributed by atoms with Gasteiger partial charge in [0.15, 0.2) is 0 Å². The van der Waals surface area contributed by atoms with Crippen molar-refractivity contribution < 1.29 is 9.53 Å². The molecule has 2 fully saturated rings. The molecule has 1 N–H and O–H groups in total. The third kappa shape index (κ3) is 0.744. The molecule has 3 heteroatoms. The largest absolute Gasteiger partial charge is 0.465 e. The predicted molar refractivity (Wildman–Crippen MR) is 40.0 cm³/mol. The molecule has 60 valence electrons. The van der Waals surface area contributed by atoms with Crippen LogP contribution < -0.4 is 5.32 Å². The zero-order chi connectivity index (χ0) is 7.90. The Balaban J connectivity index is 2.33. The molecule has 1 atom stereocenters. The summed E-state index contributed by atoms with van der Waals surface area (Å²) < 4.78 is 4.92. The van der Waals surface area contributed by atoms with E-state index in [9.17, 15) is 4.79 Å². The van der Waals surface area contributed by atoms with Gasteiger partial charge in [0.05, 0.1) is 6.61 Å². The van der Waals surface area contributed by atoms with E-state index in [0.717, 1.165) is 18.5 Å². The zero-order valence-corrected chi connectivity index (χ0v) is 6.35. The van der Waals surface area contributed by atoms with E-state index in [2.05, 4.69) is 11.9 Å². The molecule has 2 aliphatic rings. The van der Waals surface area contributed by atoms with Crippen molar-refractivity contribution in [2.75, 3.05) is 19.7 Å². The molecule has 0 radical (unpaired) electrons. The van der Waals surface area contributed by atoms with Crippen LogP contribution >= 0.6 is 0 Å². The van der Waals surface area contributed by atoms with Gasteiger partial charge >= 0.3 is 5.97 Å². The first-order valence-corrected chi connectivity index (χ1v) is 3.82. The van der Waals surface area contributed by atoms with Gasteiger partial charge in [-0.3, -0.25) is 4.79 Å². The number of esters is 1. The lowest BCUT2D eigenvalue weighted by Gasteiger charge is -2.16. The Bertz CT molecular complexity index is 198. The van der Waals surface area contributed by atoms with Crippen LogP contribution in [0.25, 0.3) is 0 Å².